The van der Waals surface area contributed by atoms with E-state index in [0.29, 0.717) is 23.5 Å². The van der Waals surface area contributed by atoms with Crippen LogP contribution in [0.4, 0.5) is 0 Å². The predicted molar refractivity (Wildman–Crippen MR) is 44.1 cm³/mol. The third-order valence-corrected chi connectivity index (χ3v) is 3.30. The topological polar surface area (TPSA) is 17.1 Å². The first-order valence-electron chi connectivity index (χ1n) is 4.40. The number of hydrogen-bond acceptors (Lipinski definition) is 1. The summed E-state index contributed by atoms with van der Waals surface area (Å²) in [5.74, 6) is 2.73. The van der Waals surface area contributed by atoms with Crippen LogP contribution in [-0.2, 0) is 4.79 Å². The van der Waals surface area contributed by atoms with Crippen molar-refractivity contribution in [3.05, 3.63) is 12.7 Å². The lowest BCUT2D eigenvalue weighted by atomic mass is 9.96. The van der Waals surface area contributed by atoms with E-state index in [4.69, 9.17) is 0 Å². The van der Waals surface area contributed by atoms with Crippen LogP contribution in [0, 0.1) is 23.7 Å². The van der Waals surface area contributed by atoms with Crippen molar-refractivity contribution in [1.29, 1.82) is 0 Å². The Morgan fingerprint density at radius 2 is 2.45 bits per heavy atom. The highest BCUT2D eigenvalue weighted by molar-refractivity contribution is 5.89. The zero-order valence-corrected chi connectivity index (χ0v) is 6.92. The van der Waals surface area contributed by atoms with E-state index in [1.54, 1.807) is 0 Å². The Hall–Kier alpha value is -0.590. The van der Waals surface area contributed by atoms with Crippen molar-refractivity contribution in [1.82, 2.24) is 0 Å². The highest BCUT2D eigenvalue weighted by Crippen LogP contribution is 2.57. The first-order chi connectivity index (χ1) is 5.25. The second-order valence-electron chi connectivity index (χ2n) is 3.91. The quantitative estimate of drug-likeness (QED) is 0.550. The van der Waals surface area contributed by atoms with Crippen LogP contribution in [0.15, 0.2) is 12.7 Å². The van der Waals surface area contributed by atoms with Crippen molar-refractivity contribution in [2.45, 2.75) is 19.8 Å². The molecule has 1 unspecified atom stereocenters. The van der Waals surface area contributed by atoms with Crippen molar-refractivity contribution in [2.75, 3.05) is 0 Å². The van der Waals surface area contributed by atoms with Gasteiger partial charge >= 0.3 is 0 Å². The summed E-state index contributed by atoms with van der Waals surface area (Å²) in [5.41, 5.74) is 0. The number of fused-ring (bicyclic) bond motifs is 1. The zero-order chi connectivity index (χ0) is 8.01. The minimum atomic E-state index is 0.332. The van der Waals surface area contributed by atoms with Gasteiger partial charge in [0.1, 0.15) is 5.78 Å². The van der Waals surface area contributed by atoms with Gasteiger partial charge in [0.25, 0.3) is 0 Å². The Balaban J connectivity index is 2.01. The molecule has 0 bridgehead atoms. The summed E-state index contributed by atoms with van der Waals surface area (Å²) in [6.07, 6.45) is 3.91. The number of rotatable bonds is 2. The lowest BCUT2D eigenvalue weighted by Crippen LogP contribution is -2.11. The van der Waals surface area contributed by atoms with E-state index < -0.39 is 0 Å². The Bertz CT molecular complexity index is 207. The van der Waals surface area contributed by atoms with Crippen LogP contribution in [0.3, 0.4) is 0 Å². The summed E-state index contributed by atoms with van der Waals surface area (Å²) in [7, 11) is 0. The van der Waals surface area contributed by atoms with Gasteiger partial charge in [-0.25, -0.2) is 0 Å². The van der Waals surface area contributed by atoms with Gasteiger partial charge in [0.2, 0.25) is 0 Å². The lowest BCUT2D eigenvalue weighted by Gasteiger charge is -2.07. The molecule has 11 heavy (non-hydrogen) atoms. The van der Waals surface area contributed by atoms with Gasteiger partial charge in [-0.05, 0) is 24.7 Å². The Kier molecular flexibility index (Phi) is 1.41. The highest BCUT2D eigenvalue weighted by atomic mass is 16.1. The molecule has 2 fully saturated rings. The predicted octanol–water partition coefficient (Wildman–Crippen LogP) is 2.03. The van der Waals surface area contributed by atoms with Crippen LogP contribution in [0.2, 0.25) is 0 Å². The summed E-state index contributed by atoms with van der Waals surface area (Å²) in [6.45, 7) is 5.86. The normalized spacial score (nSPS) is 47.2. The molecule has 0 aromatic carbocycles. The maximum atomic E-state index is 11.5. The van der Waals surface area contributed by atoms with E-state index >= 15 is 0 Å². The maximum Gasteiger partial charge on any atom is 0.139 e. The van der Waals surface area contributed by atoms with Gasteiger partial charge in [0.15, 0.2) is 0 Å². The van der Waals surface area contributed by atoms with Crippen molar-refractivity contribution in [3.63, 3.8) is 0 Å². The van der Waals surface area contributed by atoms with Crippen LogP contribution >= 0.6 is 0 Å². The molecule has 0 N–H and O–H groups in total. The van der Waals surface area contributed by atoms with Crippen LogP contribution in [0.25, 0.3) is 0 Å². The van der Waals surface area contributed by atoms with E-state index in [1.165, 1.54) is 0 Å². The fourth-order valence-corrected chi connectivity index (χ4v) is 2.51. The van der Waals surface area contributed by atoms with Crippen molar-refractivity contribution >= 4 is 5.78 Å². The molecule has 0 radical (unpaired) electrons. The van der Waals surface area contributed by atoms with Gasteiger partial charge in [-0.15, -0.1) is 6.58 Å². The van der Waals surface area contributed by atoms with Crippen molar-refractivity contribution < 1.29 is 4.79 Å². The van der Waals surface area contributed by atoms with E-state index in [9.17, 15) is 4.79 Å². The standard InChI is InChI=1S/C10H14O/c1-3-4-7-5-8-6(2)9(8)10(7)11/h3,6-9H,1,4-5H2,2H3/t6-,7?,8+,9-/m1/s1. The Morgan fingerprint density at radius 1 is 1.73 bits per heavy atom. The second kappa shape index (κ2) is 2.20. The molecule has 4 atom stereocenters. The SMILES string of the molecule is C=CCC1C[C@H]2[C@@H](C)[C@H]2C1=O. The molecule has 0 amide bonds. The molecular weight excluding hydrogens is 136 g/mol. The monoisotopic (exact) mass is 150 g/mol. The summed E-state index contributed by atoms with van der Waals surface area (Å²) < 4.78 is 0. The number of carbonyl (C=O) groups excluding carboxylic acids is 1. The summed E-state index contributed by atoms with van der Waals surface area (Å²) >= 11 is 0. The largest absolute Gasteiger partial charge is 0.299 e. The van der Waals surface area contributed by atoms with Crippen LogP contribution in [-0.4, -0.2) is 5.78 Å². The first-order valence-corrected chi connectivity index (χ1v) is 4.40. The lowest BCUT2D eigenvalue weighted by molar-refractivity contribution is -0.122. The van der Waals surface area contributed by atoms with Crippen LogP contribution in [0.1, 0.15) is 19.8 Å². The van der Waals surface area contributed by atoms with Crippen molar-refractivity contribution in [3.8, 4) is 0 Å². The molecule has 0 spiro atoms. The Labute approximate surface area is 67.5 Å². The van der Waals surface area contributed by atoms with Gasteiger partial charge in [-0.3, -0.25) is 4.79 Å². The molecule has 0 aromatic heterocycles. The molecule has 2 saturated carbocycles. The third kappa shape index (κ3) is 0.867. The number of carbonyl (C=O) groups is 1. The molecule has 2 aliphatic carbocycles. The number of Topliss-reactive ketones (excluding diaryl/α,β-unsaturated/α-hetero) is 1. The summed E-state index contributed by atoms with van der Waals surface area (Å²) in [6, 6.07) is 0. The first kappa shape index (κ1) is 7.08. The molecule has 0 aromatic rings. The van der Waals surface area contributed by atoms with E-state index in [0.717, 1.165) is 18.8 Å². The average Bonchev–Trinajstić information content (AvgIpc) is 2.45. The fourth-order valence-electron chi connectivity index (χ4n) is 2.51. The van der Waals surface area contributed by atoms with Gasteiger partial charge in [0, 0.05) is 11.8 Å². The average molecular weight is 150 g/mol. The zero-order valence-electron chi connectivity index (χ0n) is 6.92. The Morgan fingerprint density at radius 3 is 2.91 bits per heavy atom. The highest BCUT2D eigenvalue weighted by Gasteiger charge is 2.58. The van der Waals surface area contributed by atoms with Crippen LogP contribution in [0.5, 0.6) is 0 Å². The third-order valence-electron chi connectivity index (χ3n) is 3.30. The molecule has 1 heteroatoms. The summed E-state index contributed by atoms with van der Waals surface area (Å²) in [5, 5.41) is 0. The maximum absolute atomic E-state index is 11.5. The molecule has 2 rings (SSSR count). The molecule has 0 heterocycles. The number of allylic oxidation sites excluding steroid dienone is 1. The minimum absolute atomic E-state index is 0.332. The molecular formula is C10H14O. The van der Waals surface area contributed by atoms with Gasteiger partial charge in [-0.2, -0.15) is 0 Å². The number of ketones is 1. The fraction of sp³-hybridized carbons (Fsp3) is 0.700. The molecule has 0 saturated heterocycles. The molecule has 2 aliphatic rings. The number of hydrogen-bond donors (Lipinski definition) is 0. The smallest absolute Gasteiger partial charge is 0.139 e. The van der Waals surface area contributed by atoms with E-state index in [-0.39, 0.29) is 0 Å². The van der Waals surface area contributed by atoms with Crippen molar-refractivity contribution in [2.24, 2.45) is 23.7 Å². The molecule has 1 nitrogen and oxygen atoms in total. The van der Waals surface area contributed by atoms with Crippen LogP contribution < -0.4 is 0 Å². The van der Waals surface area contributed by atoms with Gasteiger partial charge in [0.05, 0.1) is 0 Å². The minimum Gasteiger partial charge on any atom is -0.299 e. The van der Waals surface area contributed by atoms with E-state index in [2.05, 4.69) is 13.5 Å². The second-order valence-corrected chi connectivity index (χ2v) is 3.91. The van der Waals surface area contributed by atoms with E-state index in [1.807, 2.05) is 6.08 Å². The molecule has 0 aliphatic heterocycles. The molecule has 60 valence electrons. The van der Waals surface area contributed by atoms with Gasteiger partial charge < -0.3 is 0 Å². The van der Waals surface area contributed by atoms with Gasteiger partial charge in [-0.1, -0.05) is 13.0 Å². The summed E-state index contributed by atoms with van der Waals surface area (Å²) in [4.78, 5) is 11.5.